The standard InChI is InChI=1S/C22H25N3O4.Na/c1-25-18(19(25)22(28)29)21(27)24-17(14-16-10-6-3-7-11-16)20(26)23-13-12-15-8-4-2-5-9-15;/h2-11,17-19H,12-14H2,1H3,(H,23,26)(H,24,27)(H,28,29);/q;+1/p-1/t17-,18-,19-,25?;/m0./s1. The summed E-state index contributed by atoms with van der Waals surface area (Å²) in [6.07, 6.45) is 0.993. The molecule has 4 atom stereocenters. The molecule has 0 saturated carbocycles. The van der Waals surface area contributed by atoms with Crippen molar-refractivity contribution in [3.63, 3.8) is 0 Å². The van der Waals surface area contributed by atoms with Gasteiger partial charge in [-0.1, -0.05) is 60.7 Å². The van der Waals surface area contributed by atoms with E-state index in [1.807, 2.05) is 60.7 Å². The van der Waals surface area contributed by atoms with Crippen LogP contribution >= 0.6 is 0 Å². The molecule has 0 spiro atoms. The van der Waals surface area contributed by atoms with E-state index < -0.39 is 30.0 Å². The molecule has 1 fully saturated rings. The number of nitrogens with zero attached hydrogens (tertiary/aromatic N) is 1. The molecule has 1 aliphatic rings. The number of carbonyl (C=O) groups excluding carboxylic acids is 3. The summed E-state index contributed by atoms with van der Waals surface area (Å²) in [7, 11) is 1.54. The molecular weight excluding hydrogens is 393 g/mol. The van der Waals surface area contributed by atoms with Gasteiger partial charge in [0, 0.05) is 13.0 Å². The fourth-order valence-electron chi connectivity index (χ4n) is 3.38. The van der Waals surface area contributed by atoms with Crippen LogP contribution in [-0.2, 0) is 27.2 Å². The van der Waals surface area contributed by atoms with Crippen LogP contribution in [0.1, 0.15) is 11.1 Å². The topological polar surface area (TPSA) is 101 Å². The average Bonchev–Trinajstić information content (AvgIpc) is 3.40. The number of likely N-dealkylation sites (N-methyl/N-ethyl adjacent to an activating group) is 1. The summed E-state index contributed by atoms with van der Waals surface area (Å²) < 4.78 is 0. The fraction of sp³-hybridized carbons (Fsp3) is 0.318. The van der Waals surface area contributed by atoms with Crippen LogP contribution < -0.4 is 45.3 Å². The maximum Gasteiger partial charge on any atom is 1.00 e. The Bertz CT molecular complexity index is 863. The Balaban J connectivity index is 0.00000320. The van der Waals surface area contributed by atoms with E-state index in [0.717, 1.165) is 11.1 Å². The first-order chi connectivity index (χ1) is 14.0. The summed E-state index contributed by atoms with van der Waals surface area (Å²) >= 11 is 0. The fourth-order valence-corrected chi connectivity index (χ4v) is 3.38. The van der Waals surface area contributed by atoms with Gasteiger partial charge in [-0.05, 0) is 24.6 Å². The second kappa shape index (κ2) is 11.3. The number of hydrogen-bond acceptors (Lipinski definition) is 5. The molecule has 1 unspecified atom stereocenters. The zero-order valence-corrected chi connectivity index (χ0v) is 19.2. The smallest absolute Gasteiger partial charge is 0.548 e. The molecule has 1 saturated heterocycles. The molecule has 2 aromatic rings. The number of carboxylic acids is 1. The van der Waals surface area contributed by atoms with Crippen LogP contribution in [0.15, 0.2) is 60.7 Å². The van der Waals surface area contributed by atoms with E-state index in [2.05, 4.69) is 10.6 Å². The van der Waals surface area contributed by atoms with Crippen LogP contribution in [-0.4, -0.2) is 54.4 Å². The Labute approximate surface area is 198 Å². The SMILES string of the molecule is CN1[C@H](C(=O)[O-])[C@H]1C(=O)N[C@@H](Cc1ccccc1)C(=O)NCCc1ccccc1.[Na+]. The van der Waals surface area contributed by atoms with Gasteiger partial charge < -0.3 is 20.5 Å². The molecule has 2 N–H and O–H groups in total. The summed E-state index contributed by atoms with van der Waals surface area (Å²) in [5.74, 6) is -2.08. The van der Waals surface area contributed by atoms with Crippen LogP contribution in [0.5, 0.6) is 0 Å². The maximum absolute atomic E-state index is 12.7. The van der Waals surface area contributed by atoms with Crippen molar-refractivity contribution < 1.29 is 49.0 Å². The van der Waals surface area contributed by atoms with E-state index in [9.17, 15) is 19.5 Å². The quantitative estimate of drug-likeness (QED) is 0.326. The minimum absolute atomic E-state index is 0. The molecular formula is C22H24N3NaO4. The summed E-state index contributed by atoms with van der Waals surface area (Å²) in [5.41, 5.74) is 2.00. The Morgan fingerprint density at radius 3 is 2.07 bits per heavy atom. The van der Waals surface area contributed by atoms with E-state index in [1.54, 1.807) is 0 Å². The molecule has 7 nitrogen and oxygen atoms in total. The molecule has 0 aromatic heterocycles. The van der Waals surface area contributed by atoms with Gasteiger partial charge in [-0.15, -0.1) is 0 Å². The summed E-state index contributed by atoms with van der Waals surface area (Å²) in [5, 5.41) is 16.6. The number of rotatable bonds is 9. The average molecular weight is 417 g/mol. The van der Waals surface area contributed by atoms with Crippen LogP contribution in [0.25, 0.3) is 0 Å². The zero-order valence-electron chi connectivity index (χ0n) is 17.2. The van der Waals surface area contributed by atoms with Gasteiger partial charge in [-0.3, -0.25) is 14.5 Å². The predicted molar refractivity (Wildman–Crippen MR) is 106 cm³/mol. The van der Waals surface area contributed by atoms with Gasteiger partial charge >= 0.3 is 29.6 Å². The van der Waals surface area contributed by atoms with E-state index in [4.69, 9.17) is 0 Å². The van der Waals surface area contributed by atoms with Crippen molar-refractivity contribution in [2.75, 3.05) is 13.6 Å². The number of nitrogens with one attached hydrogen (secondary N) is 2. The van der Waals surface area contributed by atoms with Crippen molar-refractivity contribution >= 4 is 17.8 Å². The molecule has 3 rings (SSSR count). The van der Waals surface area contributed by atoms with Gasteiger partial charge in [-0.2, -0.15) is 0 Å². The Morgan fingerprint density at radius 1 is 0.967 bits per heavy atom. The largest absolute Gasteiger partial charge is 1.00 e. The minimum atomic E-state index is -1.29. The molecule has 0 aliphatic carbocycles. The van der Waals surface area contributed by atoms with Crippen molar-refractivity contribution in [3.8, 4) is 0 Å². The number of carbonyl (C=O) groups is 3. The number of amides is 2. The molecule has 2 amide bonds. The van der Waals surface area contributed by atoms with Crippen molar-refractivity contribution in [1.29, 1.82) is 0 Å². The van der Waals surface area contributed by atoms with Gasteiger partial charge in [0.2, 0.25) is 11.8 Å². The second-order valence-electron chi connectivity index (χ2n) is 7.15. The van der Waals surface area contributed by atoms with Crippen LogP contribution in [0.2, 0.25) is 0 Å². The molecule has 1 heterocycles. The Kier molecular flexibility index (Phi) is 9.05. The molecule has 152 valence electrons. The third-order valence-electron chi connectivity index (χ3n) is 5.07. The molecule has 8 heteroatoms. The molecule has 1 aliphatic heterocycles. The predicted octanol–water partition coefficient (Wildman–Crippen LogP) is -3.49. The normalized spacial score (nSPS) is 20.4. The minimum Gasteiger partial charge on any atom is -0.548 e. The van der Waals surface area contributed by atoms with Crippen LogP contribution in [0, 0.1) is 0 Å². The first-order valence-electron chi connectivity index (χ1n) is 9.56. The summed E-state index contributed by atoms with van der Waals surface area (Å²) in [6.45, 7) is 0.439. The second-order valence-corrected chi connectivity index (χ2v) is 7.15. The van der Waals surface area contributed by atoms with Crippen molar-refractivity contribution in [3.05, 3.63) is 71.8 Å². The Morgan fingerprint density at radius 2 is 1.53 bits per heavy atom. The van der Waals surface area contributed by atoms with Crippen molar-refractivity contribution in [2.24, 2.45) is 0 Å². The molecule has 2 aromatic carbocycles. The first kappa shape index (κ1) is 24.1. The molecule has 30 heavy (non-hydrogen) atoms. The number of hydrogen-bond donors (Lipinski definition) is 2. The maximum atomic E-state index is 12.7. The van der Waals surface area contributed by atoms with Gasteiger partial charge in [0.15, 0.2) is 0 Å². The monoisotopic (exact) mass is 417 g/mol. The van der Waals surface area contributed by atoms with E-state index in [-0.39, 0.29) is 35.5 Å². The van der Waals surface area contributed by atoms with Gasteiger partial charge in [0.1, 0.15) is 12.1 Å². The van der Waals surface area contributed by atoms with E-state index in [1.165, 1.54) is 11.9 Å². The zero-order chi connectivity index (χ0) is 20.8. The van der Waals surface area contributed by atoms with Gasteiger partial charge in [0.25, 0.3) is 0 Å². The van der Waals surface area contributed by atoms with Gasteiger partial charge in [-0.25, -0.2) is 0 Å². The third kappa shape index (κ3) is 6.40. The van der Waals surface area contributed by atoms with Crippen molar-refractivity contribution in [1.82, 2.24) is 15.5 Å². The van der Waals surface area contributed by atoms with Crippen LogP contribution in [0.3, 0.4) is 0 Å². The summed E-state index contributed by atoms with van der Waals surface area (Å²) in [4.78, 5) is 37.7. The Hall–Kier alpha value is -2.19. The van der Waals surface area contributed by atoms with E-state index >= 15 is 0 Å². The number of benzene rings is 2. The molecule has 0 bridgehead atoms. The van der Waals surface area contributed by atoms with Crippen LogP contribution in [0.4, 0.5) is 0 Å². The third-order valence-corrected chi connectivity index (χ3v) is 5.07. The number of aliphatic carboxylic acids is 1. The first-order valence-corrected chi connectivity index (χ1v) is 9.56. The summed E-state index contributed by atoms with van der Waals surface area (Å²) in [6, 6.07) is 16.6. The molecule has 0 radical (unpaired) electrons. The number of carboxylic acid groups (broad SMARTS) is 1. The van der Waals surface area contributed by atoms with Crippen molar-refractivity contribution in [2.45, 2.75) is 31.0 Å². The van der Waals surface area contributed by atoms with E-state index in [0.29, 0.717) is 19.4 Å². The van der Waals surface area contributed by atoms with Gasteiger partial charge in [0.05, 0.1) is 12.0 Å².